The van der Waals surface area contributed by atoms with E-state index in [0.29, 0.717) is 25.9 Å². The van der Waals surface area contributed by atoms with Crippen LogP contribution in [0.4, 0.5) is 13.2 Å². The van der Waals surface area contributed by atoms with Crippen LogP contribution in [0.15, 0.2) is 0 Å². The van der Waals surface area contributed by atoms with Gasteiger partial charge in [0.1, 0.15) is 0 Å². The summed E-state index contributed by atoms with van der Waals surface area (Å²) in [7, 11) is 1.39. The maximum Gasteiger partial charge on any atom is 0.390 e. The zero-order valence-electron chi connectivity index (χ0n) is 12.6. The van der Waals surface area contributed by atoms with E-state index in [2.05, 4.69) is 0 Å². The minimum absolute atomic E-state index is 0.0212. The van der Waals surface area contributed by atoms with Gasteiger partial charge in [0.05, 0.1) is 12.3 Å². The zero-order chi connectivity index (χ0) is 16.0. The second-order valence-corrected chi connectivity index (χ2v) is 5.55. The third kappa shape index (κ3) is 5.93. The quantitative estimate of drug-likeness (QED) is 0.782. The molecule has 0 aromatic rings. The fourth-order valence-electron chi connectivity index (χ4n) is 2.49. The lowest BCUT2D eigenvalue weighted by Crippen LogP contribution is -2.46. The number of carbonyl (C=O) groups excluding carboxylic acids is 2. The number of rotatable bonds is 5. The standard InChI is InChI=1S/C14H23F3N2O2/c1-3-5-12(20)19-8-4-6-11(10-19)13(21)18(2)9-7-14(15,16)17/h11H,3-10H2,1-2H3. The smallest absolute Gasteiger partial charge is 0.345 e. The Morgan fingerprint density at radius 1 is 1.33 bits per heavy atom. The molecule has 1 atom stereocenters. The Labute approximate surface area is 123 Å². The number of amides is 2. The van der Waals surface area contributed by atoms with Crippen molar-refractivity contribution in [1.29, 1.82) is 0 Å². The molecule has 2 amide bonds. The van der Waals surface area contributed by atoms with E-state index in [9.17, 15) is 22.8 Å². The maximum atomic E-state index is 12.2. The molecule has 1 fully saturated rings. The predicted molar refractivity (Wildman–Crippen MR) is 72.5 cm³/mol. The second-order valence-electron chi connectivity index (χ2n) is 5.55. The molecule has 1 saturated heterocycles. The minimum Gasteiger partial charge on any atom is -0.345 e. The predicted octanol–water partition coefficient (Wildman–Crippen LogP) is 2.44. The van der Waals surface area contributed by atoms with Gasteiger partial charge in [-0.05, 0) is 19.3 Å². The van der Waals surface area contributed by atoms with Gasteiger partial charge in [-0.1, -0.05) is 6.92 Å². The Kier molecular flexibility index (Phi) is 6.48. The summed E-state index contributed by atoms with van der Waals surface area (Å²) in [5, 5.41) is 0. The van der Waals surface area contributed by atoms with E-state index in [1.807, 2.05) is 6.92 Å². The number of piperidine rings is 1. The van der Waals surface area contributed by atoms with Crippen molar-refractivity contribution < 1.29 is 22.8 Å². The highest BCUT2D eigenvalue weighted by Crippen LogP contribution is 2.22. The van der Waals surface area contributed by atoms with Gasteiger partial charge in [0.2, 0.25) is 11.8 Å². The van der Waals surface area contributed by atoms with Crippen molar-refractivity contribution >= 4 is 11.8 Å². The first kappa shape index (κ1) is 17.8. The van der Waals surface area contributed by atoms with Crippen LogP contribution in [0, 0.1) is 5.92 Å². The molecule has 0 aromatic carbocycles. The molecule has 4 nitrogen and oxygen atoms in total. The summed E-state index contributed by atoms with van der Waals surface area (Å²) >= 11 is 0. The van der Waals surface area contributed by atoms with Gasteiger partial charge in [-0.3, -0.25) is 9.59 Å². The number of alkyl halides is 3. The highest BCUT2D eigenvalue weighted by molar-refractivity contribution is 5.81. The fraction of sp³-hybridized carbons (Fsp3) is 0.857. The molecule has 0 aromatic heterocycles. The van der Waals surface area contributed by atoms with E-state index >= 15 is 0 Å². The topological polar surface area (TPSA) is 40.6 Å². The van der Waals surface area contributed by atoms with E-state index in [1.165, 1.54) is 7.05 Å². The number of halogens is 3. The van der Waals surface area contributed by atoms with Crippen LogP contribution in [0.1, 0.15) is 39.0 Å². The van der Waals surface area contributed by atoms with Crippen molar-refractivity contribution in [2.45, 2.75) is 45.2 Å². The summed E-state index contributed by atoms with van der Waals surface area (Å²) in [6, 6.07) is 0. The molecule has 122 valence electrons. The van der Waals surface area contributed by atoms with E-state index < -0.39 is 12.6 Å². The zero-order valence-corrected chi connectivity index (χ0v) is 12.6. The lowest BCUT2D eigenvalue weighted by molar-refractivity contribution is -0.147. The number of nitrogens with zero attached hydrogens (tertiary/aromatic N) is 2. The van der Waals surface area contributed by atoms with Gasteiger partial charge in [0, 0.05) is 33.1 Å². The molecule has 1 unspecified atom stereocenters. The maximum absolute atomic E-state index is 12.2. The van der Waals surface area contributed by atoms with Crippen LogP contribution >= 0.6 is 0 Å². The Hall–Kier alpha value is -1.27. The summed E-state index contributed by atoms with van der Waals surface area (Å²) in [6.45, 7) is 2.54. The Morgan fingerprint density at radius 3 is 2.57 bits per heavy atom. The number of hydrogen-bond donors (Lipinski definition) is 0. The van der Waals surface area contributed by atoms with Crippen molar-refractivity contribution in [3.8, 4) is 0 Å². The molecule has 0 spiro atoms. The molecule has 0 bridgehead atoms. The first-order chi connectivity index (χ1) is 9.74. The summed E-state index contributed by atoms with van der Waals surface area (Å²) in [4.78, 5) is 26.8. The minimum atomic E-state index is -4.26. The molecule has 7 heteroatoms. The normalized spacial score (nSPS) is 19.5. The van der Waals surface area contributed by atoms with Crippen LogP contribution < -0.4 is 0 Å². The lowest BCUT2D eigenvalue weighted by atomic mass is 9.96. The van der Waals surface area contributed by atoms with Crippen molar-refractivity contribution in [3.63, 3.8) is 0 Å². The van der Waals surface area contributed by atoms with Crippen molar-refractivity contribution in [1.82, 2.24) is 9.80 Å². The first-order valence-electron chi connectivity index (χ1n) is 7.34. The lowest BCUT2D eigenvalue weighted by Gasteiger charge is -2.34. The van der Waals surface area contributed by atoms with Gasteiger partial charge in [-0.2, -0.15) is 13.2 Å². The third-order valence-corrected chi connectivity index (χ3v) is 3.69. The summed E-state index contributed by atoms with van der Waals surface area (Å²) in [6.07, 6.45) is -2.71. The molecule has 0 N–H and O–H groups in total. The molecule has 0 radical (unpaired) electrons. The average molecular weight is 308 g/mol. The van der Waals surface area contributed by atoms with Gasteiger partial charge < -0.3 is 9.80 Å². The number of likely N-dealkylation sites (tertiary alicyclic amines) is 1. The largest absolute Gasteiger partial charge is 0.390 e. The molecular formula is C14H23F3N2O2. The summed E-state index contributed by atoms with van der Waals surface area (Å²) in [5.41, 5.74) is 0. The van der Waals surface area contributed by atoms with Gasteiger partial charge in [-0.15, -0.1) is 0 Å². The molecular weight excluding hydrogens is 285 g/mol. The van der Waals surface area contributed by atoms with Crippen molar-refractivity contribution in [2.24, 2.45) is 5.92 Å². The average Bonchev–Trinajstić information content (AvgIpc) is 2.43. The van der Waals surface area contributed by atoms with E-state index in [1.54, 1.807) is 4.90 Å². The van der Waals surface area contributed by atoms with Crippen molar-refractivity contribution in [2.75, 3.05) is 26.7 Å². The van der Waals surface area contributed by atoms with Gasteiger partial charge in [0.15, 0.2) is 0 Å². The van der Waals surface area contributed by atoms with Gasteiger partial charge in [-0.25, -0.2) is 0 Å². The van der Waals surface area contributed by atoms with Crippen LogP contribution in [-0.2, 0) is 9.59 Å². The fourth-order valence-corrected chi connectivity index (χ4v) is 2.49. The molecule has 21 heavy (non-hydrogen) atoms. The summed E-state index contributed by atoms with van der Waals surface area (Å²) < 4.78 is 36.6. The molecule has 1 heterocycles. The van der Waals surface area contributed by atoms with E-state index in [-0.39, 0.29) is 24.3 Å². The van der Waals surface area contributed by atoms with Crippen LogP contribution in [0.3, 0.4) is 0 Å². The Balaban J connectivity index is 2.51. The van der Waals surface area contributed by atoms with Crippen LogP contribution in [0.25, 0.3) is 0 Å². The van der Waals surface area contributed by atoms with Crippen LogP contribution in [0.2, 0.25) is 0 Å². The Bertz CT molecular complexity index is 372. The molecule has 1 aliphatic heterocycles. The number of hydrogen-bond acceptors (Lipinski definition) is 2. The van der Waals surface area contributed by atoms with Crippen LogP contribution in [0.5, 0.6) is 0 Å². The number of carbonyl (C=O) groups is 2. The van der Waals surface area contributed by atoms with Gasteiger partial charge >= 0.3 is 6.18 Å². The highest BCUT2D eigenvalue weighted by Gasteiger charge is 2.32. The van der Waals surface area contributed by atoms with Crippen molar-refractivity contribution in [3.05, 3.63) is 0 Å². The first-order valence-corrected chi connectivity index (χ1v) is 7.34. The molecule has 0 aliphatic carbocycles. The Morgan fingerprint density at radius 2 is 2.00 bits per heavy atom. The highest BCUT2D eigenvalue weighted by atomic mass is 19.4. The van der Waals surface area contributed by atoms with E-state index in [4.69, 9.17) is 0 Å². The van der Waals surface area contributed by atoms with E-state index in [0.717, 1.165) is 17.7 Å². The van der Waals surface area contributed by atoms with Crippen LogP contribution in [-0.4, -0.2) is 54.5 Å². The molecule has 1 rings (SSSR count). The monoisotopic (exact) mass is 308 g/mol. The summed E-state index contributed by atoms with van der Waals surface area (Å²) in [5.74, 6) is -0.654. The molecule has 1 aliphatic rings. The SMILES string of the molecule is CCCC(=O)N1CCCC(C(=O)N(C)CCC(F)(F)F)C1. The third-order valence-electron chi connectivity index (χ3n) is 3.69. The van der Waals surface area contributed by atoms with Gasteiger partial charge in [0.25, 0.3) is 0 Å². The molecule has 0 saturated carbocycles. The second kappa shape index (κ2) is 7.66.